The highest BCUT2D eigenvalue weighted by molar-refractivity contribution is 7.99. The van der Waals surface area contributed by atoms with E-state index in [0.29, 0.717) is 23.8 Å². The number of halogens is 1. The Morgan fingerprint density at radius 3 is 2.81 bits per heavy atom. The standard InChI is InChI=1S/C15H14FNO3S/c16-11-4-5-14(13(17)9-11)21-7-6-20-12-3-1-2-10(8-12)15(18)19/h1-5,8-9H,6-7,17H2,(H,18,19). The van der Waals surface area contributed by atoms with Crippen LogP contribution in [0.1, 0.15) is 10.4 Å². The zero-order valence-corrected chi connectivity index (χ0v) is 11.9. The number of aromatic carboxylic acids is 1. The molecule has 0 radical (unpaired) electrons. The van der Waals surface area contributed by atoms with Crippen molar-refractivity contribution in [2.24, 2.45) is 0 Å². The van der Waals surface area contributed by atoms with Crippen LogP contribution in [0.15, 0.2) is 47.4 Å². The molecular weight excluding hydrogens is 293 g/mol. The maximum atomic E-state index is 12.9. The first-order valence-electron chi connectivity index (χ1n) is 6.20. The molecule has 0 saturated heterocycles. The van der Waals surface area contributed by atoms with Crippen LogP contribution in [0.3, 0.4) is 0 Å². The van der Waals surface area contributed by atoms with Gasteiger partial charge in [0.05, 0.1) is 12.2 Å². The van der Waals surface area contributed by atoms with Crippen molar-refractivity contribution in [1.29, 1.82) is 0 Å². The lowest BCUT2D eigenvalue weighted by Gasteiger charge is -2.08. The Labute approximate surface area is 125 Å². The van der Waals surface area contributed by atoms with E-state index in [1.54, 1.807) is 18.2 Å². The molecule has 0 bridgehead atoms. The summed E-state index contributed by atoms with van der Waals surface area (Å²) in [4.78, 5) is 11.6. The molecule has 0 aliphatic carbocycles. The van der Waals surface area contributed by atoms with Gasteiger partial charge in [0.2, 0.25) is 0 Å². The number of rotatable bonds is 6. The molecule has 0 aliphatic heterocycles. The first kappa shape index (κ1) is 15.2. The Morgan fingerprint density at radius 2 is 2.10 bits per heavy atom. The van der Waals surface area contributed by atoms with Crippen LogP contribution in [-0.2, 0) is 0 Å². The van der Waals surface area contributed by atoms with E-state index in [0.717, 1.165) is 4.90 Å². The second kappa shape index (κ2) is 6.99. The molecule has 6 heteroatoms. The van der Waals surface area contributed by atoms with Crippen LogP contribution < -0.4 is 10.5 Å². The quantitative estimate of drug-likeness (QED) is 0.487. The van der Waals surface area contributed by atoms with Gasteiger partial charge in [-0.15, -0.1) is 11.8 Å². The Morgan fingerprint density at radius 1 is 1.29 bits per heavy atom. The van der Waals surface area contributed by atoms with Crippen LogP contribution in [0.2, 0.25) is 0 Å². The van der Waals surface area contributed by atoms with Gasteiger partial charge in [-0.25, -0.2) is 9.18 Å². The average molecular weight is 307 g/mol. The summed E-state index contributed by atoms with van der Waals surface area (Å²) in [7, 11) is 0. The molecule has 2 rings (SSSR count). The van der Waals surface area contributed by atoms with Gasteiger partial charge in [0.25, 0.3) is 0 Å². The van der Waals surface area contributed by atoms with Gasteiger partial charge in [0.15, 0.2) is 0 Å². The minimum Gasteiger partial charge on any atom is -0.493 e. The molecule has 3 N–H and O–H groups in total. The van der Waals surface area contributed by atoms with Gasteiger partial charge >= 0.3 is 5.97 Å². The van der Waals surface area contributed by atoms with Crippen molar-refractivity contribution < 1.29 is 19.0 Å². The molecule has 0 saturated carbocycles. The van der Waals surface area contributed by atoms with E-state index < -0.39 is 5.97 Å². The first-order chi connectivity index (χ1) is 10.1. The van der Waals surface area contributed by atoms with Crippen LogP contribution in [0, 0.1) is 5.82 Å². The summed E-state index contributed by atoms with van der Waals surface area (Å²) in [6.07, 6.45) is 0. The SMILES string of the molecule is Nc1cc(F)ccc1SCCOc1cccc(C(=O)O)c1. The number of nitrogens with two attached hydrogens (primary N) is 1. The van der Waals surface area contributed by atoms with Crippen LogP contribution in [0.4, 0.5) is 10.1 Å². The fourth-order valence-corrected chi connectivity index (χ4v) is 2.46. The van der Waals surface area contributed by atoms with Crippen molar-refractivity contribution in [2.75, 3.05) is 18.1 Å². The highest BCUT2D eigenvalue weighted by atomic mass is 32.2. The van der Waals surface area contributed by atoms with Crippen molar-refractivity contribution >= 4 is 23.4 Å². The van der Waals surface area contributed by atoms with Gasteiger partial charge in [-0.1, -0.05) is 6.07 Å². The highest BCUT2D eigenvalue weighted by Gasteiger charge is 2.05. The molecule has 2 aromatic rings. The van der Waals surface area contributed by atoms with Crippen LogP contribution in [-0.4, -0.2) is 23.4 Å². The van der Waals surface area contributed by atoms with E-state index in [1.807, 2.05) is 0 Å². The molecule has 110 valence electrons. The molecule has 0 atom stereocenters. The summed E-state index contributed by atoms with van der Waals surface area (Å²) in [5, 5.41) is 8.88. The minimum atomic E-state index is -0.992. The van der Waals surface area contributed by atoms with Gasteiger partial charge in [-0.2, -0.15) is 0 Å². The third kappa shape index (κ3) is 4.39. The van der Waals surface area contributed by atoms with Gasteiger partial charge in [0.1, 0.15) is 11.6 Å². The average Bonchev–Trinajstić information content (AvgIpc) is 2.45. The molecule has 0 amide bonds. The number of hydrogen-bond acceptors (Lipinski definition) is 4. The van der Waals surface area contributed by atoms with E-state index in [4.69, 9.17) is 15.6 Å². The van der Waals surface area contributed by atoms with E-state index in [-0.39, 0.29) is 11.4 Å². The number of carboxylic acids is 1. The summed E-state index contributed by atoms with van der Waals surface area (Å²) >= 11 is 1.45. The molecule has 0 fully saturated rings. The number of carbonyl (C=O) groups is 1. The number of anilines is 1. The molecule has 2 aromatic carbocycles. The third-order valence-electron chi connectivity index (χ3n) is 2.66. The molecule has 0 unspecified atom stereocenters. The summed E-state index contributed by atoms with van der Waals surface area (Å²) in [6, 6.07) is 10.6. The largest absolute Gasteiger partial charge is 0.493 e. The maximum Gasteiger partial charge on any atom is 0.335 e. The lowest BCUT2D eigenvalue weighted by molar-refractivity contribution is 0.0696. The fourth-order valence-electron chi connectivity index (χ4n) is 1.68. The number of benzene rings is 2. The number of thioether (sulfide) groups is 1. The molecule has 0 heterocycles. The van der Waals surface area contributed by atoms with Crippen molar-refractivity contribution in [3.05, 3.63) is 53.8 Å². The van der Waals surface area contributed by atoms with Crippen LogP contribution >= 0.6 is 11.8 Å². The summed E-state index contributed by atoms with van der Waals surface area (Å²) in [6.45, 7) is 0.393. The van der Waals surface area contributed by atoms with Gasteiger partial charge < -0.3 is 15.6 Å². The lowest BCUT2D eigenvalue weighted by atomic mass is 10.2. The van der Waals surface area contributed by atoms with Gasteiger partial charge in [-0.3, -0.25) is 0 Å². The molecule has 0 spiro atoms. The number of ether oxygens (including phenoxy) is 1. The van der Waals surface area contributed by atoms with Crippen molar-refractivity contribution in [3.63, 3.8) is 0 Å². The monoisotopic (exact) mass is 307 g/mol. The second-order valence-electron chi connectivity index (χ2n) is 4.21. The molecule has 0 aromatic heterocycles. The van der Waals surface area contributed by atoms with Crippen molar-refractivity contribution in [3.8, 4) is 5.75 Å². The summed E-state index contributed by atoms with van der Waals surface area (Å²) in [5.74, 6) is -0.234. The lowest BCUT2D eigenvalue weighted by Crippen LogP contribution is -2.02. The highest BCUT2D eigenvalue weighted by Crippen LogP contribution is 2.25. The van der Waals surface area contributed by atoms with Crippen molar-refractivity contribution in [2.45, 2.75) is 4.90 Å². The van der Waals surface area contributed by atoms with E-state index in [1.165, 1.54) is 36.0 Å². The third-order valence-corrected chi connectivity index (χ3v) is 3.72. The summed E-state index contributed by atoms with van der Waals surface area (Å²) in [5.41, 5.74) is 6.28. The van der Waals surface area contributed by atoms with Gasteiger partial charge in [-0.05, 0) is 36.4 Å². The van der Waals surface area contributed by atoms with E-state index >= 15 is 0 Å². The number of carboxylic acid groups (broad SMARTS) is 1. The minimum absolute atomic E-state index is 0.183. The first-order valence-corrected chi connectivity index (χ1v) is 7.19. The second-order valence-corrected chi connectivity index (χ2v) is 5.35. The van der Waals surface area contributed by atoms with E-state index in [9.17, 15) is 9.18 Å². The number of nitrogen functional groups attached to an aromatic ring is 1. The molecule has 0 aliphatic rings. The maximum absolute atomic E-state index is 12.9. The Hall–Kier alpha value is -2.21. The summed E-state index contributed by atoms with van der Waals surface area (Å²) < 4.78 is 18.4. The Bertz CT molecular complexity index is 649. The topological polar surface area (TPSA) is 72.5 Å². The smallest absolute Gasteiger partial charge is 0.335 e. The van der Waals surface area contributed by atoms with Crippen LogP contribution in [0.5, 0.6) is 5.75 Å². The van der Waals surface area contributed by atoms with E-state index in [2.05, 4.69) is 0 Å². The Kier molecular flexibility index (Phi) is 5.05. The zero-order chi connectivity index (χ0) is 15.2. The normalized spacial score (nSPS) is 10.3. The molecule has 21 heavy (non-hydrogen) atoms. The fraction of sp³-hybridized carbons (Fsp3) is 0.133. The predicted molar refractivity (Wildman–Crippen MR) is 80.4 cm³/mol. The molecule has 4 nitrogen and oxygen atoms in total. The van der Waals surface area contributed by atoms with Crippen molar-refractivity contribution in [1.82, 2.24) is 0 Å². The number of hydrogen-bond donors (Lipinski definition) is 2. The van der Waals surface area contributed by atoms with Crippen LogP contribution in [0.25, 0.3) is 0 Å². The van der Waals surface area contributed by atoms with Gasteiger partial charge in [0, 0.05) is 16.3 Å². The predicted octanol–water partition coefficient (Wildman–Crippen LogP) is 3.28. The zero-order valence-electron chi connectivity index (χ0n) is 11.1. The Balaban J connectivity index is 1.84. The molecular formula is C15H14FNO3S.